The monoisotopic (exact) mass is 336 g/mol. The highest BCUT2D eigenvalue weighted by atomic mass is 35.5. The molecule has 1 aliphatic rings. The van der Waals surface area contributed by atoms with E-state index in [2.05, 4.69) is 0 Å². The van der Waals surface area contributed by atoms with E-state index in [1.807, 2.05) is 6.92 Å². The number of sulfonamides is 1. The first-order valence-electron chi connectivity index (χ1n) is 6.55. The van der Waals surface area contributed by atoms with Crippen molar-refractivity contribution in [2.75, 3.05) is 13.1 Å². The molecule has 20 heavy (non-hydrogen) atoms. The van der Waals surface area contributed by atoms with Gasteiger partial charge in [-0.3, -0.25) is 0 Å². The Bertz CT molecular complexity index is 572. The summed E-state index contributed by atoms with van der Waals surface area (Å²) < 4.78 is 27.1. The Morgan fingerprint density at radius 2 is 1.95 bits per heavy atom. The average molecular weight is 337 g/mol. The molecule has 0 amide bonds. The molecule has 0 radical (unpaired) electrons. The molecule has 0 aromatic heterocycles. The summed E-state index contributed by atoms with van der Waals surface area (Å²) in [6.07, 6.45) is 1.79. The lowest BCUT2D eigenvalue weighted by molar-refractivity contribution is 0.192. The maximum absolute atomic E-state index is 12.8. The molecule has 2 atom stereocenters. The number of benzene rings is 1. The van der Waals surface area contributed by atoms with Crippen LogP contribution < -0.4 is 5.73 Å². The minimum atomic E-state index is -3.73. The third-order valence-electron chi connectivity index (χ3n) is 3.79. The van der Waals surface area contributed by atoms with Gasteiger partial charge in [-0.05, 0) is 30.9 Å². The fourth-order valence-electron chi connectivity index (χ4n) is 2.71. The molecule has 4 nitrogen and oxygen atoms in total. The van der Waals surface area contributed by atoms with Gasteiger partial charge in [0.05, 0.1) is 10.0 Å². The first kappa shape index (κ1) is 16.0. The Labute approximate surface area is 129 Å². The molecular weight excluding hydrogens is 319 g/mol. The molecule has 2 unspecified atom stereocenters. The van der Waals surface area contributed by atoms with Gasteiger partial charge in [0.2, 0.25) is 10.0 Å². The van der Waals surface area contributed by atoms with Crippen molar-refractivity contribution in [3.63, 3.8) is 0 Å². The van der Waals surface area contributed by atoms with Crippen molar-refractivity contribution in [1.82, 2.24) is 4.31 Å². The summed E-state index contributed by atoms with van der Waals surface area (Å²) in [7, 11) is -3.73. The quantitative estimate of drug-likeness (QED) is 0.922. The van der Waals surface area contributed by atoms with Crippen LogP contribution in [0.15, 0.2) is 23.1 Å². The van der Waals surface area contributed by atoms with Gasteiger partial charge < -0.3 is 5.73 Å². The minimum absolute atomic E-state index is 0.0177. The predicted molar refractivity (Wildman–Crippen MR) is 81.6 cm³/mol. The Morgan fingerprint density at radius 1 is 1.35 bits per heavy atom. The smallest absolute Gasteiger partial charge is 0.246 e. The van der Waals surface area contributed by atoms with Crippen LogP contribution >= 0.6 is 23.2 Å². The zero-order valence-electron chi connectivity index (χ0n) is 11.2. The molecule has 2 N–H and O–H groups in total. The summed E-state index contributed by atoms with van der Waals surface area (Å²) >= 11 is 12.1. The van der Waals surface area contributed by atoms with E-state index in [9.17, 15) is 8.42 Å². The third-order valence-corrected chi connectivity index (χ3v) is 6.67. The first-order chi connectivity index (χ1) is 9.39. The minimum Gasteiger partial charge on any atom is -0.329 e. The van der Waals surface area contributed by atoms with E-state index in [0.717, 1.165) is 12.8 Å². The van der Waals surface area contributed by atoms with Crippen molar-refractivity contribution < 1.29 is 8.42 Å². The fourth-order valence-corrected chi connectivity index (χ4v) is 5.57. The van der Waals surface area contributed by atoms with Gasteiger partial charge in [-0.25, -0.2) is 8.42 Å². The molecule has 0 aliphatic carbocycles. The summed E-state index contributed by atoms with van der Waals surface area (Å²) in [5, 5.41) is 0.290. The fraction of sp³-hybridized carbons (Fsp3) is 0.538. The van der Waals surface area contributed by atoms with Gasteiger partial charge in [0.1, 0.15) is 4.90 Å². The van der Waals surface area contributed by atoms with Gasteiger partial charge in [0, 0.05) is 19.1 Å². The Morgan fingerprint density at radius 3 is 2.50 bits per heavy atom. The lowest BCUT2D eigenvalue weighted by Crippen LogP contribution is -2.51. The topological polar surface area (TPSA) is 63.4 Å². The predicted octanol–water partition coefficient (Wildman–Crippen LogP) is 2.74. The SMILES string of the molecule is CC1CCCN(S(=O)(=O)c2c(Cl)cccc2Cl)C1CN. The number of piperidine rings is 1. The Balaban J connectivity index is 2.49. The van der Waals surface area contributed by atoms with Gasteiger partial charge in [-0.2, -0.15) is 4.31 Å². The molecule has 0 spiro atoms. The maximum atomic E-state index is 12.8. The second-order valence-electron chi connectivity index (χ2n) is 5.09. The summed E-state index contributed by atoms with van der Waals surface area (Å²) in [4.78, 5) is -0.0177. The van der Waals surface area contributed by atoms with Crippen LogP contribution in [0.25, 0.3) is 0 Å². The van der Waals surface area contributed by atoms with E-state index in [0.29, 0.717) is 13.1 Å². The molecule has 1 saturated heterocycles. The first-order valence-corrected chi connectivity index (χ1v) is 8.75. The second kappa shape index (κ2) is 6.20. The molecule has 1 aromatic rings. The summed E-state index contributed by atoms with van der Waals surface area (Å²) in [5.41, 5.74) is 5.76. The van der Waals surface area contributed by atoms with Gasteiger partial charge in [-0.1, -0.05) is 36.2 Å². The largest absolute Gasteiger partial charge is 0.329 e. The van der Waals surface area contributed by atoms with Crippen molar-refractivity contribution in [2.24, 2.45) is 11.7 Å². The third kappa shape index (κ3) is 2.83. The van der Waals surface area contributed by atoms with Gasteiger partial charge in [0.15, 0.2) is 0 Å². The molecule has 1 aromatic carbocycles. The molecule has 1 aliphatic heterocycles. The van der Waals surface area contributed by atoms with Crippen molar-refractivity contribution in [2.45, 2.75) is 30.7 Å². The van der Waals surface area contributed by atoms with Crippen LogP contribution in [0, 0.1) is 5.92 Å². The zero-order valence-corrected chi connectivity index (χ0v) is 13.5. The molecule has 1 fully saturated rings. The van der Waals surface area contributed by atoms with Crippen LogP contribution in [0.4, 0.5) is 0 Å². The van der Waals surface area contributed by atoms with Crippen LogP contribution in [0.1, 0.15) is 19.8 Å². The van der Waals surface area contributed by atoms with E-state index in [1.54, 1.807) is 6.07 Å². The van der Waals surface area contributed by atoms with Crippen LogP contribution in [0.2, 0.25) is 10.0 Å². The van der Waals surface area contributed by atoms with E-state index in [-0.39, 0.29) is 26.9 Å². The van der Waals surface area contributed by atoms with E-state index >= 15 is 0 Å². The number of nitrogens with zero attached hydrogens (tertiary/aromatic N) is 1. The summed E-state index contributed by atoms with van der Waals surface area (Å²) in [6, 6.07) is 4.49. The molecule has 112 valence electrons. The highest BCUT2D eigenvalue weighted by molar-refractivity contribution is 7.89. The Kier molecular flexibility index (Phi) is 4.97. The van der Waals surface area contributed by atoms with Crippen LogP contribution in [-0.2, 0) is 10.0 Å². The summed E-state index contributed by atoms with van der Waals surface area (Å²) in [6.45, 7) is 2.77. The lowest BCUT2D eigenvalue weighted by Gasteiger charge is -2.38. The van der Waals surface area contributed by atoms with Crippen molar-refractivity contribution in [1.29, 1.82) is 0 Å². The van der Waals surface area contributed by atoms with Crippen molar-refractivity contribution >= 4 is 33.2 Å². The van der Waals surface area contributed by atoms with Crippen molar-refractivity contribution in [3.05, 3.63) is 28.2 Å². The highest BCUT2D eigenvalue weighted by Gasteiger charge is 2.38. The maximum Gasteiger partial charge on any atom is 0.246 e. The highest BCUT2D eigenvalue weighted by Crippen LogP contribution is 2.35. The molecule has 2 rings (SSSR count). The molecular formula is C13H18Cl2N2O2S. The van der Waals surface area contributed by atoms with Gasteiger partial charge in [0.25, 0.3) is 0 Å². The van der Waals surface area contributed by atoms with E-state index in [1.165, 1.54) is 16.4 Å². The molecule has 0 bridgehead atoms. The zero-order chi connectivity index (χ0) is 14.9. The number of nitrogens with two attached hydrogens (primary N) is 1. The van der Waals surface area contributed by atoms with E-state index < -0.39 is 10.0 Å². The normalized spacial score (nSPS) is 24.8. The Hall–Kier alpha value is -0.330. The van der Waals surface area contributed by atoms with Crippen LogP contribution in [-0.4, -0.2) is 31.9 Å². The van der Waals surface area contributed by atoms with Gasteiger partial charge >= 0.3 is 0 Å². The van der Waals surface area contributed by atoms with Crippen LogP contribution in [0.5, 0.6) is 0 Å². The van der Waals surface area contributed by atoms with Crippen LogP contribution in [0.3, 0.4) is 0 Å². The summed E-state index contributed by atoms with van der Waals surface area (Å²) in [5.74, 6) is 0.227. The number of hydrogen-bond donors (Lipinski definition) is 1. The second-order valence-corrected chi connectivity index (χ2v) is 7.73. The molecule has 1 heterocycles. The molecule has 0 saturated carbocycles. The lowest BCUT2D eigenvalue weighted by atomic mass is 9.93. The molecule has 7 heteroatoms. The number of halogens is 2. The van der Waals surface area contributed by atoms with Crippen molar-refractivity contribution in [3.8, 4) is 0 Å². The number of hydrogen-bond acceptors (Lipinski definition) is 3. The standard InChI is InChI=1S/C13H18Cl2N2O2S/c1-9-4-3-7-17(12(9)8-16)20(18,19)13-10(14)5-2-6-11(13)15/h2,5-6,9,12H,3-4,7-8,16H2,1H3. The average Bonchev–Trinajstić information content (AvgIpc) is 2.37. The van der Waals surface area contributed by atoms with Gasteiger partial charge in [-0.15, -0.1) is 0 Å². The van der Waals surface area contributed by atoms with E-state index in [4.69, 9.17) is 28.9 Å². The number of rotatable bonds is 3.